The number of halogens is 2. The lowest BCUT2D eigenvalue weighted by Crippen LogP contribution is -2.28. The number of nitrogens with one attached hydrogen (secondary N) is 2. The van der Waals surface area contributed by atoms with Crippen molar-refractivity contribution in [2.75, 3.05) is 18.2 Å². The van der Waals surface area contributed by atoms with Gasteiger partial charge in [-0.2, -0.15) is 0 Å². The zero-order chi connectivity index (χ0) is 23.7. The van der Waals surface area contributed by atoms with Crippen molar-refractivity contribution in [3.63, 3.8) is 0 Å². The number of rotatable bonds is 9. The number of ether oxygens (including phenoxy) is 2. The van der Waals surface area contributed by atoms with Gasteiger partial charge in [-0.3, -0.25) is 15.3 Å². The Hall–Kier alpha value is -2.05. The number of aromatic hydroxyl groups is 1. The first-order valence-electron chi connectivity index (χ1n) is 9.32. The quantitative estimate of drug-likeness (QED) is 0.134. The van der Waals surface area contributed by atoms with Crippen LogP contribution >= 0.6 is 43.6 Å². The molecule has 0 saturated carbocycles. The molecule has 0 aliphatic rings. The summed E-state index contributed by atoms with van der Waals surface area (Å²) in [4.78, 5) is 25.2. The zero-order valence-electron chi connectivity index (χ0n) is 17.2. The van der Waals surface area contributed by atoms with E-state index in [4.69, 9.17) is 14.7 Å². The van der Waals surface area contributed by atoms with Gasteiger partial charge in [-0.1, -0.05) is 15.9 Å². The summed E-state index contributed by atoms with van der Waals surface area (Å²) in [6, 6.07) is 10.4. The van der Waals surface area contributed by atoms with Crippen molar-refractivity contribution in [3.8, 4) is 5.75 Å². The van der Waals surface area contributed by atoms with Crippen molar-refractivity contribution in [1.29, 1.82) is 0 Å². The molecule has 2 aromatic carbocycles. The van der Waals surface area contributed by atoms with Crippen LogP contribution in [0.1, 0.15) is 18.6 Å². The normalized spacial score (nSPS) is 12.9. The molecule has 0 unspecified atom stereocenters. The number of hydrogen-bond donors (Lipinski definition) is 4. The molecule has 0 bridgehead atoms. The van der Waals surface area contributed by atoms with Crippen LogP contribution in [0.5, 0.6) is 5.75 Å². The molecule has 0 spiro atoms. The lowest BCUT2D eigenvalue weighted by atomic mass is 10.0. The van der Waals surface area contributed by atoms with Crippen LogP contribution in [-0.2, 0) is 14.3 Å². The van der Waals surface area contributed by atoms with E-state index in [0.717, 1.165) is 11.0 Å². The van der Waals surface area contributed by atoms with Crippen LogP contribution < -0.4 is 10.8 Å². The Morgan fingerprint density at radius 2 is 1.91 bits per heavy atom. The Labute approximate surface area is 206 Å². The summed E-state index contributed by atoms with van der Waals surface area (Å²) >= 11 is 8.19. The Kier molecular flexibility index (Phi) is 10.5. The number of amides is 2. The molecule has 0 radical (unpaired) electrons. The van der Waals surface area contributed by atoms with E-state index in [1.54, 1.807) is 43.0 Å². The minimum absolute atomic E-state index is 0.153. The van der Waals surface area contributed by atoms with E-state index in [2.05, 4.69) is 37.2 Å². The molecular formula is C21H22Br2N2O6S. The van der Waals surface area contributed by atoms with Crippen LogP contribution in [0.3, 0.4) is 0 Å². The fraction of sp³-hybridized carbons (Fsp3) is 0.238. The molecule has 32 heavy (non-hydrogen) atoms. The number of carbonyl (C=O) groups is 2. The third-order valence-electron chi connectivity index (χ3n) is 4.14. The summed E-state index contributed by atoms with van der Waals surface area (Å²) in [5.41, 5.74) is 2.25. The summed E-state index contributed by atoms with van der Waals surface area (Å²) in [6.45, 7) is 1.96. The number of benzene rings is 2. The molecule has 0 aliphatic heterocycles. The number of carbonyl (C=O) groups excluding carboxylic acids is 2. The molecule has 2 aromatic rings. The highest BCUT2D eigenvalue weighted by atomic mass is 79.9. The number of phenolic OH excluding ortho intramolecular Hbond substituents is 1. The van der Waals surface area contributed by atoms with E-state index >= 15 is 0 Å². The van der Waals surface area contributed by atoms with Gasteiger partial charge in [-0.15, -0.1) is 11.8 Å². The van der Waals surface area contributed by atoms with Gasteiger partial charge < -0.3 is 14.6 Å². The molecule has 172 valence electrons. The second-order valence-electron chi connectivity index (χ2n) is 6.26. The molecule has 0 heterocycles. The Balaban J connectivity index is 2.38. The number of hydroxylamine groups is 1. The third-order valence-corrected chi connectivity index (χ3v) is 5.95. The van der Waals surface area contributed by atoms with Crippen molar-refractivity contribution in [3.05, 3.63) is 63.1 Å². The standard InChI is InChI=1S/C21H22Br2N2O6S/c1-3-30-17(8-9-18(26)25-29)20(15-10-12(22)11-16(23)19(15)27)31-21(28)24-13-4-6-14(32-2)7-5-13/h4-11,17,20,27,29H,3H2,1-2H3,(H,24,28)(H,25,26)/b9-8+/t17-,20-/m0/s1. The predicted octanol–water partition coefficient (Wildman–Crippen LogP) is 5.40. The van der Waals surface area contributed by atoms with Gasteiger partial charge in [-0.05, 0) is 71.6 Å². The topological polar surface area (TPSA) is 117 Å². The highest BCUT2D eigenvalue weighted by molar-refractivity contribution is 9.11. The first-order chi connectivity index (χ1) is 15.3. The minimum Gasteiger partial charge on any atom is -0.506 e. The first kappa shape index (κ1) is 26.2. The van der Waals surface area contributed by atoms with Gasteiger partial charge >= 0.3 is 6.09 Å². The van der Waals surface area contributed by atoms with Gasteiger partial charge in [-0.25, -0.2) is 10.3 Å². The summed E-state index contributed by atoms with van der Waals surface area (Å²) in [5, 5.41) is 22.0. The van der Waals surface area contributed by atoms with Crippen LogP contribution in [0.4, 0.5) is 10.5 Å². The fourth-order valence-electron chi connectivity index (χ4n) is 2.70. The summed E-state index contributed by atoms with van der Waals surface area (Å²) in [5.74, 6) is -0.938. The number of hydrogen-bond acceptors (Lipinski definition) is 7. The Morgan fingerprint density at radius 1 is 1.22 bits per heavy atom. The summed E-state index contributed by atoms with van der Waals surface area (Å²) in [7, 11) is 0. The lowest BCUT2D eigenvalue weighted by Gasteiger charge is -2.26. The van der Waals surface area contributed by atoms with E-state index in [1.165, 1.54) is 11.6 Å². The maximum atomic E-state index is 12.7. The Bertz CT molecular complexity index is 972. The van der Waals surface area contributed by atoms with E-state index in [-0.39, 0.29) is 17.9 Å². The van der Waals surface area contributed by atoms with E-state index in [9.17, 15) is 14.7 Å². The maximum Gasteiger partial charge on any atom is 0.412 e. The van der Waals surface area contributed by atoms with Crippen molar-refractivity contribution in [2.24, 2.45) is 0 Å². The predicted molar refractivity (Wildman–Crippen MR) is 129 cm³/mol. The van der Waals surface area contributed by atoms with Gasteiger partial charge in [0, 0.05) is 33.3 Å². The highest BCUT2D eigenvalue weighted by Gasteiger charge is 2.30. The molecule has 4 N–H and O–H groups in total. The fourth-order valence-corrected chi connectivity index (χ4v) is 4.37. The second-order valence-corrected chi connectivity index (χ2v) is 8.91. The largest absolute Gasteiger partial charge is 0.506 e. The molecule has 0 aromatic heterocycles. The molecular weight excluding hydrogens is 568 g/mol. The molecule has 2 atom stereocenters. The van der Waals surface area contributed by atoms with Crippen molar-refractivity contribution >= 4 is 61.3 Å². The van der Waals surface area contributed by atoms with Crippen molar-refractivity contribution in [1.82, 2.24) is 5.48 Å². The monoisotopic (exact) mass is 588 g/mol. The number of thioether (sulfide) groups is 1. The molecule has 8 nitrogen and oxygen atoms in total. The molecule has 2 amide bonds. The van der Waals surface area contributed by atoms with E-state index in [1.807, 2.05) is 18.4 Å². The van der Waals surface area contributed by atoms with E-state index < -0.39 is 24.2 Å². The molecule has 2 rings (SSSR count). The number of phenols is 1. The average Bonchev–Trinajstić information content (AvgIpc) is 2.78. The number of anilines is 1. The smallest absolute Gasteiger partial charge is 0.412 e. The van der Waals surface area contributed by atoms with Crippen LogP contribution in [0.25, 0.3) is 0 Å². The maximum absolute atomic E-state index is 12.7. The van der Waals surface area contributed by atoms with Gasteiger partial charge in [0.25, 0.3) is 5.91 Å². The van der Waals surface area contributed by atoms with E-state index in [0.29, 0.717) is 14.6 Å². The highest BCUT2D eigenvalue weighted by Crippen LogP contribution is 2.39. The van der Waals surface area contributed by atoms with Crippen molar-refractivity contribution < 1.29 is 29.4 Å². The SMILES string of the molecule is CCO[C@@H](/C=C/C(=O)NO)[C@@H](OC(=O)Nc1ccc(SC)cc1)c1cc(Br)cc(Br)c1O. The minimum atomic E-state index is -1.13. The molecule has 0 saturated heterocycles. The average molecular weight is 590 g/mol. The summed E-state index contributed by atoms with van der Waals surface area (Å²) in [6.07, 6.45) is 1.45. The van der Waals surface area contributed by atoms with Crippen molar-refractivity contribution in [2.45, 2.75) is 24.0 Å². The van der Waals surface area contributed by atoms with Gasteiger partial charge in [0.2, 0.25) is 0 Å². The lowest BCUT2D eigenvalue weighted by molar-refractivity contribution is -0.124. The van der Waals surface area contributed by atoms with Gasteiger partial charge in [0.05, 0.1) is 4.47 Å². The summed E-state index contributed by atoms with van der Waals surface area (Å²) < 4.78 is 12.3. The van der Waals surface area contributed by atoms with Gasteiger partial charge in [0.15, 0.2) is 6.10 Å². The molecule has 11 heteroatoms. The van der Waals surface area contributed by atoms with Crippen LogP contribution in [0.2, 0.25) is 0 Å². The van der Waals surface area contributed by atoms with Crippen LogP contribution in [0.15, 0.2) is 62.4 Å². The Morgan fingerprint density at radius 3 is 2.50 bits per heavy atom. The van der Waals surface area contributed by atoms with Crippen LogP contribution in [-0.4, -0.2) is 41.3 Å². The van der Waals surface area contributed by atoms with Crippen LogP contribution in [0, 0.1) is 0 Å². The third kappa shape index (κ3) is 7.52. The first-order valence-corrected chi connectivity index (χ1v) is 12.1. The zero-order valence-corrected chi connectivity index (χ0v) is 21.2. The second kappa shape index (κ2) is 12.9. The van der Waals surface area contributed by atoms with Gasteiger partial charge in [0.1, 0.15) is 11.9 Å². The molecule has 0 fully saturated rings. The molecule has 0 aliphatic carbocycles.